The third-order valence-electron chi connectivity index (χ3n) is 3.01. The van der Waals surface area contributed by atoms with Crippen molar-refractivity contribution in [3.05, 3.63) is 38.0 Å². The topological polar surface area (TPSA) is 27.7 Å². The quantitative estimate of drug-likeness (QED) is 0.326. The third-order valence-corrected chi connectivity index (χ3v) is 5.94. The summed E-state index contributed by atoms with van der Waals surface area (Å²) in [4.78, 5) is 0. The van der Waals surface area contributed by atoms with Crippen molar-refractivity contribution < 1.29 is 17.8 Å². The van der Waals surface area contributed by atoms with Crippen molar-refractivity contribution in [3.8, 4) is 0 Å². The molecule has 0 aromatic heterocycles. The van der Waals surface area contributed by atoms with Gasteiger partial charge in [0.1, 0.15) is 6.17 Å². The summed E-state index contributed by atoms with van der Waals surface area (Å²) in [5, 5.41) is 0. The zero-order chi connectivity index (χ0) is 14.1. The largest absolute Gasteiger partial charge is 0.558 e. The van der Waals surface area contributed by atoms with Crippen molar-refractivity contribution in [1.82, 2.24) is 0 Å². The van der Waals surface area contributed by atoms with E-state index in [1.807, 2.05) is 18.2 Å². The van der Waals surface area contributed by atoms with Crippen LogP contribution in [-0.2, 0) is 13.3 Å². The van der Waals surface area contributed by atoms with Gasteiger partial charge in [-0.2, -0.15) is 0 Å². The minimum Gasteiger partial charge on any atom is -0.374 e. The maximum Gasteiger partial charge on any atom is 0.558 e. The molecule has 0 amide bonds. The van der Waals surface area contributed by atoms with Crippen LogP contribution in [0.4, 0.5) is 0 Å². The lowest BCUT2D eigenvalue weighted by Crippen LogP contribution is -2.62. The van der Waals surface area contributed by atoms with E-state index in [4.69, 9.17) is 13.3 Å². The van der Waals surface area contributed by atoms with Gasteiger partial charge in [0.05, 0.1) is 19.6 Å². The van der Waals surface area contributed by atoms with E-state index >= 15 is 0 Å². The van der Waals surface area contributed by atoms with Gasteiger partial charge < -0.3 is 17.8 Å². The fraction of sp³-hybridized carbons (Fsp3) is 0.538. The smallest absolute Gasteiger partial charge is 0.374 e. The summed E-state index contributed by atoms with van der Waals surface area (Å²) in [7, 11) is 2.25. The number of hydrogen-bond donors (Lipinski definition) is 0. The molecule has 0 aromatic carbocycles. The highest BCUT2D eigenvalue weighted by molar-refractivity contribution is 6.60. The van der Waals surface area contributed by atoms with Crippen molar-refractivity contribution in [2.45, 2.75) is 0 Å². The predicted molar refractivity (Wildman–Crippen MR) is 77.1 cm³/mol. The highest BCUT2D eigenvalue weighted by Crippen LogP contribution is 2.17. The Kier molecular flexibility index (Phi) is 8.05. The van der Waals surface area contributed by atoms with E-state index in [-0.39, 0.29) is 0 Å². The average Bonchev–Trinajstić information content (AvgIpc) is 2.37. The maximum absolute atomic E-state index is 5.51. The zero-order valence-corrected chi connectivity index (χ0v) is 12.9. The molecule has 0 saturated carbocycles. The van der Waals surface area contributed by atoms with E-state index < -0.39 is 8.80 Å². The number of quaternary nitrogens is 1. The van der Waals surface area contributed by atoms with Gasteiger partial charge in [-0.3, -0.25) is 0 Å². The van der Waals surface area contributed by atoms with Crippen molar-refractivity contribution >= 4 is 8.80 Å². The lowest BCUT2D eigenvalue weighted by Gasteiger charge is -2.40. The van der Waals surface area contributed by atoms with Crippen molar-refractivity contribution in [2.24, 2.45) is 0 Å². The van der Waals surface area contributed by atoms with Gasteiger partial charge in [-0.25, -0.2) is 0 Å². The fourth-order valence-corrected chi connectivity index (χ4v) is 4.19. The average molecular weight is 272 g/mol. The maximum atomic E-state index is 5.51. The molecular weight excluding hydrogens is 246 g/mol. The Balaban J connectivity index is 5.20. The lowest BCUT2D eigenvalue weighted by atomic mass is 10.3. The minimum absolute atomic E-state index is 0.667. The molecular formula is C13H26NO3Si+. The molecule has 0 aliphatic heterocycles. The highest BCUT2D eigenvalue weighted by atomic mass is 28.4. The molecule has 0 saturated heterocycles. The van der Waals surface area contributed by atoms with Crippen LogP contribution in [0.1, 0.15) is 0 Å². The molecule has 0 spiro atoms. The summed E-state index contributed by atoms with van der Waals surface area (Å²) in [6, 6.07) is 0. The molecule has 5 heteroatoms. The lowest BCUT2D eigenvalue weighted by molar-refractivity contribution is -0.904. The molecule has 0 aliphatic rings. The Hall–Kier alpha value is -0.723. The summed E-state index contributed by atoms with van der Waals surface area (Å²) in [5.74, 6) is 0. The summed E-state index contributed by atoms with van der Waals surface area (Å²) >= 11 is 0. The van der Waals surface area contributed by atoms with Crippen LogP contribution < -0.4 is 0 Å². The zero-order valence-electron chi connectivity index (χ0n) is 11.9. The Bertz CT molecular complexity index is 243. The molecule has 0 aromatic rings. The van der Waals surface area contributed by atoms with Crippen LogP contribution in [0.15, 0.2) is 38.0 Å². The summed E-state index contributed by atoms with van der Waals surface area (Å²) < 4.78 is 17.2. The molecule has 104 valence electrons. The Morgan fingerprint density at radius 1 is 0.833 bits per heavy atom. The van der Waals surface area contributed by atoms with Crippen LogP contribution in [0.2, 0.25) is 0 Å². The second-order valence-electron chi connectivity index (χ2n) is 4.21. The van der Waals surface area contributed by atoms with Gasteiger partial charge in [-0.05, 0) is 18.2 Å². The molecule has 0 heterocycles. The highest BCUT2D eigenvalue weighted by Gasteiger charge is 2.47. The molecule has 0 rings (SSSR count). The van der Waals surface area contributed by atoms with E-state index in [1.165, 1.54) is 0 Å². The van der Waals surface area contributed by atoms with Crippen LogP contribution in [0.5, 0.6) is 0 Å². The molecule has 0 atom stereocenters. The standard InChI is InChI=1S/C13H26NO3Si/c1-7-10-14(11-8-2,12-9-3)13-18(15-4,16-5)17-6/h7-9H,1-3,10-13H2,4-6H3/q+1. The minimum atomic E-state index is -2.64. The van der Waals surface area contributed by atoms with Crippen LogP contribution in [0.3, 0.4) is 0 Å². The van der Waals surface area contributed by atoms with E-state index in [9.17, 15) is 0 Å². The van der Waals surface area contributed by atoms with Crippen LogP contribution >= 0.6 is 0 Å². The number of hydrogen-bond acceptors (Lipinski definition) is 3. The Labute approximate surface area is 112 Å². The van der Waals surface area contributed by atoms with E-state index in [0.717, 1.165) is 19.6 Å². The third kappa shape index (κ3) is 4.51. The summed E-state index contributed by atoms with van der Waals surface area (Å²) in [6.07, 6.45) is 6.36. The van der Waals surface area contributed by atoms with Crippen LogP contribution in [0, 0.1) is 0 Å². The molecule has 18 heavy (non-hydrogen) atoms. The van der Waals surface area contributed by atoms with Gasteiger partial charge >= 0.3 is 8.80 Å². The van der Waals surface area contributed by atoms with E-state index in [1.54, 1.807) is 21.3 Å². The first kappa shape index (κ1) is 17.3. The molecule has 0 unspecified atom stereocenters. The van der Waals surface area contributed by atoms with Crippen molar-refractivity contribution in [2.75, 3.05) is 47.1 Å². The van der Waals surface area contributed by atoms with Gasteiger partial charge in [0.2, 0.25) is 0 Å². The molecule has 0 bridgehead atoms. The van der Waals surface area contributed by atoms with Crippen LogP contribution in [-0.4, -0.2) is 60.4 Å². The first-order chi connectivity index (χ1) is 8.57. The van der Waals surface area contributed by atoms with Gasteiger partial charge in [0, 0.05) is 21.3 Å². The SMILES string of the molecule is C=CC[N+](CC=C)(CC=C)C[Si](OC)(OC)OC. The molecule has 4 nitrogen and oxygen atoms in total. The van der Waals surface area contributed by atoms with Crippen molar-refractivity contribution in [3.63, 3.8) is 0 Å². The van der Waals surface area contributed by atoms with Crippen LogP contribution in [0.25, 0.3) is 0 Å². The number of nitrogens with zero attached hydrogens (tertiary/aromatic N) is 1. The molecule has 0 aliphatic carbocycles. The first-order valence-corrected chi connectivity index (χ1v) is 7.84. The monoisotopic (exact) mass is 272 g/mol. The second kappa shape index (κ2) is 8.39. The first-order valence-electron chi connectivity index (χ1n) is 5.91. The van der Waals surface area contributed by atoms with Crippen molar-refractivity contribution in [1.29, 1.82) is 0 Å². The van der Waals surface area contributed by atoms with E-state index in [0.29, 0.717) is 10.7 Å². The fourth-order valence-electron chi connectivity index (χ4n) is 2.09. The Morgan fingerprint density at radius 2 is 1.17 bits per heavy atom. The van der Waals surface area contributed by atoms with Gasteiger partial charge in [-0.1, -0.05) is 19.7 Å². The van der Waals surface area contributed by atoms with Gasteiger partial charge in [0.15, 0.2) is 0 Å². The Morgan fingerprint density at radius 3 is 1.39 bits per heavy atom. The van der Waals surface area contributed by atoms with E-state index in [2.05, 4.69) is 19.7 Å². The molecule has 0 fully saturated rings. The molecule has 0 N–H and O–H groups in total. The normalized spacial score (nSPS) is 12.2. The predicted octanol–water partition coefficient (Wildman–Crippen LogP) is 1.78. The molecule has 0 radical (unpaired) electrons. The van der Waals surface area contributed by atoms with Gasteiger partial charge in [0.25, 0.3) is 0 Å². The number of rotatable bonds is 11. The second-order valence-corrected chi connectivity index (χ2v) is 7.12. The summed E-state index contributed by atoms with van der Waals surface area (Å²) in [6.45, 7) is 13.9. The summed E-state index contributed by atoms with van der Waals surface area (Å²) in [5.41, 5.74) is 0. The van der Waals surface area contributed by atoms with Gasteiger partial charge in [-0.15, -0.1) is 0 Å².